The van der Waals surface area contributed by atoms with Gasteiger partial charge in [-0.2, -0.15) is 0 Å². The molecule has 0 heterocycles. The van der Waals surface area contributed by atoms with Gasteiger partial charge in [-0.25, -0.2) is 0 Å². The zero-order valence-corrected chi connectivity index (χ0v) is 11.5. The minimum Gasteiger partial charge on any atom is -0.456 e. The van der Waals surface area contributed by atoms with Gasteiger partial charge in [0.2, 0.25) is 0 Å². The van der Waals surface area contributed by atoms with Gasteiger partial charge in [-0.1, -0.05) is 35.4 Å². The van der Waals surface area contributed by atoms with E-state index >= 15 is 0 Å². The molecule has 0 saturated carbocycles. The van der Waals surface area contributed by atoms with E-state index in [1.54, 1.807) is 42.5 Å². The Bertz CT molecular complexity index is 584. The standard InChI is InChI=1S/C13H9Cl2NOS/c14-9-3-6-12(11(15)7-9)17-10-4-1-8(2-5-10)13(16)18/h1-7H,(H2,16,18). The van der Waals surface area contributed by atoms with Crippen LogP contribution in [0.5, 0.6) is 11.5 Å². The minimum absolute atomic E-state index is 0.353. The van der Waals surface area contributed by atoms with Crippen molar-refractivity contribution in [3.8, 4) is 11.5 Å². The van der Waals surface area contributed by atoms with E-state index in [2.05, 4.69) is 0 Å². The third kappa shape index (κ3) is 3.13. The fourth-order valence-corrected chi connectivity index (χ4v) is 1.96. The lowest BCUT2D eigenvalue weighted by molar-refractivity contribution is 0.483. The van der Waals surface area contributed by atoms with Crippen LogP contribution in [0.4, 0.5) is 0 Å². The van der Waals surface area contributed by atoms with Gasteiger partial charge < -0.3 is 10.5 Å². The SMILES string of the molecule is NC(=S)c1ccc(Oc2ccc(Cl)cc2Cl)cc1. The molecule has 0 fully saturated rings. The van der Waals surface area contributed by atoms with Gasteiger partial charge in [0.25, 0.3) is 0 Å². The number of halogens is 2. The summed E-state index contributed by atoms with van der Waals surface area (Å²) in [6.07, 6.45) is 0. The molecule has 2 aromatic carbocycles. The number of thiocarbonyl (C=S) groups is 1. The van der Waals surface area contributed by atoms with Crippen molar-refractivity contribution in [2.75, 3.05) is 0 Å². The molecule has 0 aliphatic heterocycles. The maximum Gasteiger partial charge on any atom is 0.146 e. The summed E-state index contributed by atoms with van der Waals surface area (Å²) in [5.41, 5.74) is 6.30. The Hall–Kier alpha value is -1.29. The van der Waals surface area contributed by atoms with E-state index in [1.165, 1.54) is 0 Å². The molecular weight excluding hydrogens is 289 g/mol. The molecule has 2 rings (SSSR count). The molecule has 0 aliphatic rings. The number of rotatable bonds is 3. The highest BCUT2D eigenvalue weighted by Crippen LogP contribution is 2.31. The molecule has 0 aromatic heterocycles. The number of hydrogen-bond acceptors (Lipinski definition) is 2. The number of nitrogens with two attached hydrogens (primary N) is 1. The fraction of sp³-hybridized carbons (Fsp3) is 0. The van der Waals surface area contributed by atoms with Crippen LogP contribution < -0.4 is 10.5 Å². The van der Waals surface area contributed by atoms with Gasteiger partial charge in [0.05, 0.1) is 5.02 Å². The highest BCUT2D eigenvalue weighted by molar-refractivity contribution is 7.80. The molecule has 2 N–H and O–H groups in total. The summed E-state index contributed by atoms with van der Waals surface area (Å²) in [5, 5.41) is 1.03. The van der Waals surface area contributed by atoms with E-state index in [9.17, 15) is 0 Å². The van der Waals surface area contributed by atoms with Crippen molar-refractivity contribution in [1.82, 2.24) is 0 Å². The van der Waals surface area contributed by atoms with Crippen molar-refractivity contribution in [1.29, 1.82) is 0 Å². The molecule has 0 aliphatic carbocycles. The normalized spacial score (nSPS) is 10.1. The maximum atomic E-state index is 6.01. The average molecular weight is 298 g/mol. The lowest BCUT2D eigenvalue weighted by Gasteiger charge is -2.08. The van der Waals surface area contributed by atoms with Crippen LogP contribution in [-0.2, 0) is 0 Å². The first kappa shape index (κ1) is 13.1. The number of benzene rings is 2. The quantitative estimate of drug-likeness (QED) is 0.852. The largest absolute Gasteiger partial charge is 0.456 e. The second-order valence-electron chi connectivity index (χ2n) is 3.57. The number of ether oxygens (including phenoxy) is 1. The summed E-state index contributed by atoms with van der Waals surface area (Å²) in [6.45, 7) is 0. The summed E-state index contributed by atoms with van der Waals surface area (Å²) in [4.78, 5) is 0.353. The van der Waals surface area contributed by atoms with Crippen molar-refractivity contribution in [3.63, 3.8) is 0 Å². The fourth-order valence-electron chi connectivity index (χ4n) is 1.37. The van der Waals surface area contributed by atoms with Crippen LogP contribution in [0.15, 0.2) is 42.5 Å². The Balaban J connectivity index is 2.21. The molecule has 0 amide bonds. The minimum atomic E-state index is 0.353. The monoisotopic (exact) mass is 297 g/mol. The van der Waals surface area contributed by atoms with E-state index in [1.807, 2.05) is 0 Å². The van der Waals surface area contributed by atoms with Gasteiger partial charge in [0.15, 0.2) is 0 Å². The highest BCUT2D eigenvalue weighted by Gasteiger charge is 2.04. The smallest absolute Gasteiger partial charge is 0.146 e. The summed E-state index contributed by atoms with van der Waals surface area (Å²) >= 11 is 16.7. The topological polar surface area (TPSA) is 35.2 Å². The maximum absolute atomic E-state index is 6.01. The first-order valence-corrected chi connectivity index (χ1v) is 6.25. The summed E-state index contributed by atoms with van der Waals surface area (Å²) in [5.74, 6) is 1.20. The van der Waals surface area contributed by atoms with Crippen molar-refractivity contribution in [2.45, 2.75) is 0 Å². The lowest BCUT2D eigenvalue weighted by atomic mass is 10.2. The zero-order chi connectivity index (χ0) is 13.1. The van der Waals surface area contributed by atoms with Crippen LogP contribution in [0.3, 0.4) is 0 Å². The van der Waals surface area contributed by atoms with Crippen molar-refractivity contribution < 1.29 is 4.74 Å². The Morgan fingerprint density at radius 3 is 2.28 bits per heavy atom. The number of hydrogen-bond donors (Lipinski definition) is 1. The summed E-state index contributed by atoms with van der Waals surface area (Å²) in [6, 6.07) is 12.2. The first-order valence-electron chi connectivity index (χ1n) is 5.09. The Labute approximate surface area is 120 Å². The van der Waals surface area contributed by atoms with Gasteiger partial charge >= 0.3 is 0 Å². The lowest BCUT2D eigenvalue weighted by Crippen LogP contribution is -2.08. The van der Waals surface area contributed by atoms with Crippen molar-refractivity contribution in [3.05, 3.63) is 58.1 Å². The molecule has 0 unspecified atom stereocenters. The second kappa shape index (κ2) is 5.57. The van der Waals surface area contributed by atoms with Crippen molar-refractivity contribution >= 4 is 40.4 Å². The van der Waals surface area contributed by atoms with Gasteiger partial charge in [0.1, 0.15) is 16.5 Å². The molecule has 0 bridgehead atoms. The second-order valence-corrected chi connectivity index (χ2v) is 4.85. The molecule has 2 nitrogen and oxygen atoms in total. The van der Waals surface area contributed by atoms with E-state index in [0.29, 0.717) is 26.5 Å². The zero-order valence-electron chi connectivity index (χ0n) is 9.19. The van der Waals surface area contributed by atoms with Crippen LogP contribution in [0.1, 0.15) is 5.56 Å². The molecule has 0 saturated heterocycles. The molecular formula is C13H9Cl2NOS. The van der Waals surface area contributed by atoms with E-state index < -0.39 is 0 Å². The van der Waals surface area contributed by atoms with E-state index in [0.717, 1.165) is 5.56 Å². The third-order valence-electron chi connectivity index (χ3n) is 2.26. The molecule has 0 spiro atoms. The molecule has 5 heteroatoms. The van der Waals surface area contributed by atoms with E-state index in [4.69, 9.17) is 45.9 Å². The van der Waals surface area contributed by atoms with Crippen LogP contribution in [0.25, 0.3) is 0 Å². The summed E-state index contributed by atoms with van der Waals surface area (Å²) in [7, 11) is 0. The van der Waals surface area contributed by atoms with Gasteiger partial charge in [-0.15, -0.1) is 0 Å². The molecule has 92 valence electrons. The van der Waals surface area contributed by atoms with Gasteiger partial charge in [-0.05, 0) is 42.5 Å². The molecule has 0 atom stereocenters. The Morgan fingerprint density at radius 2 is 1.72 bits per heavy atom. The molecule has 2 aromatic rings. The van der Waals surface area contributed by atoms with Gasteiger partial charge in [-0.3, -0.25) is 0 Å². The van der Waals surface area contributed by atoms with Crippen LogP contribution in [0.2, 0.25) is 10.0 Å². The Kier molecular flexibility index (Phi) is 4.07. The third-order valence-corrected chi connectivity index (χ3v) is 3.03. The summed E-state index contributed by atoms with van der Waals surface area (Å²) < 4.78 is 5.62. The van der Waals surface area contributed by atoms with Gasteiger partial charge in [0, 0.05) is 10.6 Å². The molecule has 18 heavy (non-hydrogen) atoms. The molecule has 0 radical (unpaired) electrons. The first-order chi connectivity index (χ1) is 8.56. The average Bonchev–Trinajstić information content (AvgIpc) is 2.33. The predicted octanol–water partition coefficient (Wildman–Crippen LogP) is 4.42. The Morgan fingerprint density at radius 1 is 1.06 bits per heavy atom. The van der Waals surface area contributed by atoms with E-state index in [-0.39, 0.29) is 0 Å². The highest BCUT2D eigenvalue weighted by atomic mass is 35.5. The van der Waals surface area contributed by atoms with Crippen LogP contribution in [0, 0.1) is 0 Å². The predicted molar refractivity (Wildman–Crippen MR) is 78.9 cm³/mol. The van der Waals surface area contributed by atoms with Crippen molar-refractivity contribution in [2.24, 2.45) is 5.73 Å². The van der Waals surface area contributed by atoms with Crippen LogP contribution in [-0.4, -0.2) is 4.99 Å². The van der Waals surface area contributed by atoms with Crippen LogP contribution >= 0.6 is 35.4 Å².